The predicted molar refractivity (Wildman–Crippen MR) is 60.6 cm³/mol. The van der Waals surface area contributed by atoms with E-state index in [1.807, 2.05) is 12.1 Å². The van der Waals surface area contributed by atoms with E-state index < -0.39 is 0 Å². The van der Waals surface area contributed by atoms with E-state index >= 15 is 0 Å². The standard InChI is InChI=1S/C12H12N4O/c13-5-2-8-16(9-3-6-14)12(17)11-4-1-7-15-10-11/h1,4,7,10H,2-3,8-9H2. The van der Waals surface area contributed by atoms with Crippen molar-refractivity contribution in [1.82, 2.24) is 9.88 Å². The number of pyridine rings is 1. The van der Waals surface area contributed by atoms with Gasteiger partial charge in [-0.1, -0.05) is 0 Å². The van der Waals surface area contributed by atoms with Crippen molar-refractivity contribution in [2.24, 2.45) is 0 Å². The molecule has 0 aliphatic carbocycles. The summed E-state index contributed by atoms with van der Waals surface area (Å²) in [5, 5.41) is 17.1. The van der Waals surface area contributed by atoms with E-state index in [-0.39, 0.29) is 18.7 Å². The van der Waals surface area contributed by atoms with Gasteiger partial charge in [-0.2, -0.15) is 10.5 Å². The summed E-state index contributed by atoms with van der Waals surface area (Å²) in [4.78, 5) is 17.4. The van der Waals surface area contributed by atoms with Crippen LogP contribution < -0.4 is 0 Å². The van der Waals surface area contributed by atoms with E-state index in [0.717, 1.165) is 0 Å². The molecule has 0 radical (unpaired) electrons. The van der Waals surface area contributed by atoms with Crippen LogP contribution >= 0.6 is 0 Å². The van der Waals surface area contributed by atoms with Crippen LogP contribution in [0.25, 0.3) is 0 Å². The lowest BCUT2D eigenvalue weighted by atomic mass is 10.2. The number of rotatable bonds is 5. The molecule has 0 unspecified atom stereocenters. The number of carbonyl (C=O) groups excluding carboxylic acids is 1. The number of nitriles is 2. The summed E-state index contributed by atoms with van der Waals surface area (Å²) in [6.45, 7) is 0.678. The fourth-order valence-electron chi connectivity index (χ4n) is 1.36. The summed E-state index contributed by atoms with van der Waals surface area (Å²) < 4.78 is 0. The van der Waals surface area contributed by atoms with Crippen LogP contribution in [0.4, 0.5) is 0 Å². The molecular formula is C12H12N4O. The van der Waals surface area contributed by atoms with Crippen molar-refractivity contribution in [3.8, 4) is 12.1 Å². The fourth-order valence-corrected chi connectivity index (χ4v) is 1.36. The van der Waals surface area contributed by atoms with Gasteiger partial charge in [0.05, 0.1) is 30.5 Å². The van der Waals surface area contributed by atoms with Crippen molar-refractivity contribution in [3.05, 3.63) is 30.1 Å². The SMILES string of the molecule is N#CCCN(CCC#N)C(=O)c1cccnc1. The summed E-state index contributed by atoms with van der Waals surface area (Å²) in [5.41, 5.74) is 0.475. The first-order valence-electron chi connectivity index (χ1n) is 5.22. The Labute approximate surface area is 99.9 Å². The second-order valence-corrected chi connectivity index (χ2v) is 3.35. The molecule has 5 nitrogen and oxygen atoms in total. The highest BCUT2D eigenvalue weighted by Crippen LogP contribution is 2.04. The number of carbonyl (C=O) groups is 1. The van der Waals surface area contributed by atoms with Crippen LogP contribution in [0, 0.1) is 22.7 Å². The second kappa shape index (κ2) is 6.97. The smallest absolute Gasteiger partial charge is 0.255 e. The Morgan fingerprint density at radius 2 is 1.94 bits per heavy atom. The lowest BCUT2D eigenvalue weighted by molar-refractivity contribution is 0.0762. The Balaban J connectivity index is 2.73. The average molecular weight is 228 g/mol. The van der Waals surface area contributed by atoms with Gasteiger partial charge in [-0.25, -0.2) is 0 Å². The van der Waals surface area contributed by atoms with Crippen LogP contribution in [-0.4, -0.2) is 28.9 Å². The Hall–Kier alpha value is -2.40. The second-order valence-electron chi connectivity index (χ2n) is 3.35. The maximum Gasteiger partial charge on any atom is 0.255 e. The minimum atomic E-state index is -0.191. The third-order valence-corrected chi connectivity index (χ3v) is 2.18. The number of amides is 1. The van der Waals surface area contributed by atoms with Gasteiger partial charge >= 0.3 is 0 Å². The number of hydrogen-bond donors (Lipinski definition) is 0. The zero-order valence-electron chi connectivity index (χ0n) is 9.33. The van der Waals surface area contributed by atoms with Crippen molar-refractivity contribution >= 4 is 5.91 Å². The lowest BCUT2D eigenvalue weighted by Gasteiger charge is -2.20. The van der Waals surface area contributed by atoms with Crippen LogP contribution in [0.1, 0.15) is 23.2 Å². The summed E-state index contributed by atoms with van der Waals surface area (Å²) in [7, 11) is 0. The van der Waals surface area contributed by atoms with Gasteiger partial charge in [0.25, 0.3) is 5.91 Å². The normalized spacial score (nSPS) is 9.06. The minimum Gasteiger partial charge on any atom is -0.337 e. The van der Waals surface area contributed by atoms with Crippen LogP contribution in [0.15, 0.2) is 24.5 Å². The largest absolute Gasteiger partial charge is 0.337 e. The lowest BCUT2D eigenvalue weighted by Crippen LogP contribution is -2.32. The van der Waals surface area contributed by atoms with Gasteiger partial charge in [0, 0.05) is 25.5 Å². The molecule has 5 heteroatoms. The molecule has 0 bridgehead atoms. The molecule has 0 saturated carbocycles. The molecule has 17 heavy (non-hydrogen) atoms. The van der Waals surface area contributed by atoms with Gasteiger partial charge < -0.3 is 4.90 Å². The number of hydrogen-bond acceptors (Lipinski definition) is 4. The Morgan fingerprint density at radius 3 is 2.41 bits per heavy atom. The molecule has 0 aromatic carbocycles. The van der Waals surface area contributed by atoms with E-state index in [9.17, 15) is 4.79 Å². The fraction of sp³-hybridized carbons (Fsp3) is 0.333. The van der Waals surface area contributed by atoms with Gasteiger partial charge in [0.2, 0.25) is 0 Å². The van der Waals surface area contributed by atoms with E-state index in [0.29, 0.717) is 18.7 Å². The third-order valence-electron chi connectivity index (χ3n) is 2.18. The van der Waals surface area contributed by atoms with E-state index in [4.69, 9.17) is 10.5 Å². The van der Waals surface area contributed by atoms with Crippen molar-refractivity contribution in [3.63, 3.8) is 0 Å². The molecule has 0 aliphatic heterocycles. The third kappa shape index (κ3) is 3.92. The summed E-state index contributed by atoms with van der Waals surface area (Å²) in [6, 6.07) is 7.33. The molecule has 1 heterocycles. The van der Waals surface area contributed by atoms with Gasteiger partial charge in [-0.05, 0) is 12.1 Å². The summed E-state index contributed by atoms with van der Waals surface area (Å²) in [5.74, 6) is -0.191. The Morgan fingerprint density at radius 1 is 1.29 bits per heavy atom. The zero-order valence-corrected chi connectivity index (χ0v) is 9.33. The van der Waals surface area contributed by atoms with E-state index in [1.54, 1.807) is 18.3 Å². The number of aromatic nitrogens is 1. The molecule has 1 aromatic rings. The topological polar surface area (TPSA) is 80.8 Å². The van der Waals surface area contributed by atoms with Gasteiger partial charge in [-0.3, -0.25) is 9.78 Å². The van der Waals surface area contributed by atoms with E-state index in [1.165, 1.54) is 11.1 Å². The molecule has 1 amide bonds. The molecular weight excluding hydrogens is 216 g/mol. The summed E-state index contributed by atoms with van der Waals surface area (Å²) >= 11 is 0. The highest BCUT2D eigenvalue weighted by atomic mass is 16.2. The van der Waals surface area contributed by atoms with Crippen molar-refractivity contribution < 1.29 is 4.79 Å². The molecule has 0 atom stereocenters. The van der Waals surface area contributed by atoms with Crippen molar-refractivity contribution in [2.45, 2.75) is 12.8 Å². The quantitative estimate of drug-likeness (QED) is 0.761. The van der Waals surface area contributed by atoms with Crippen molar-refractivity contribution in [1.29, 1.82) is 10.5 Å². The maximum atomic E-state index is 12.0. The monoisotopic (exact) mass is 228 g/mol. The minimum absolute atomic E-state index is 0.191. The molecule has 0 fully saturated rings. The van der Waals surface area contributed by atoms with Crippen molar-refractivity contribution in [2.75, 3.05) is 13.1 Å². The van der Waals surface area contributed by atoms with Crippen LogP contribution in [-0.2, 0) is 0 Å². The number of nitrogens with zero attached hydrogens (tertiary/aromatic N) is 4. The molecule has 0 aliphatic rings. The predicted octanol–water partition coefficient (Wildman–Crippen LogP) is 1.35. The van der Waals surface area contributed by atoms with Crippen LogP contribution in [0.2, 0.25) is 0 Å². The molecule has 0 saturated heterocycles. The van der Waals surface area contributed by atoms with Gasteiger partial charge in [0.15, 0.2) is 0 Å². The summed E-state index contributed by atoms with van der Waals surface area (Å²) in [6.07, 6.45) is 3.59. The molecule has 0 N–H and O–H groups in total. The first kappa shape index (κ1) is 12.7. The highest BCUT2D eigenvalue weighted by Gasteiger charge is 2.14. The first-order chi connectivity index (χ1) is 8.29. The molecule has 1 aromatic heterocycles. The molecule has 86 valence electrons. The van der Waals surface area contributed by atoms with Crippen LogP contribution in [0.5, 0.6) is 0 Å². The first-order valence-corrected chi connectivity index (χ1v) is 5.22. The van der Waals surface area contributed by atoms with Gasteiger partial charge in [0.1, 0.15) is 0 Å². The zero-order chi connectivity index (χ0) is 12.5. The van der Waals surface area contributed by atoms with Gasteiger partial charge in [-0.15, -0.1) is 0 Å². The maximum absolute atomic E-state index is 12.0. The Bertz CT molecular complexity index is 426. The Kier molecular flexibility index (Phi) is 5.19. The highest BCUT2D eigenvalue weighted by molar-refractivity contribution is 5.93. The van der Waals surface area contributed by atoms with Crippen LogP contribution in [0.3, 0.4) is 0 Å². The average Bonchev–Trinajstić information content (AvgIpc) is 2.39. The van der Waals surface area contributed by atoms with E-state index in [2.05, 4.69) is 4.98 Å². The molecule has 0 spiro atoms. The molecule has 1 rings (SSSR count).